The summed E-state index contributed by atoms with van der Waals surface area (Å²) in [5, 5.41) is 4.39. The van der Waals surface area contributed by atoms with Crippen LogP contribution in [0.5, 0.6) is 11.6 Å². The van der Waals surface area contributed by atoms with Crippen LogP contribution in [0.25, 0.3) is 5.70 Å². The first-order chi connectivity index (χ1) is 12.9. The topological polar surface area (TPSA) is 88.6 Å². The maximum absolute atomic E-state index is 13.6. The summed E-state index contributed by atoms with van der Waals surface area (Å²) in [6, 6.07) is 1.01. The summed E-state index contributed by atoms with van der Waals surface area (Å²) < 4.78 is 24.1. The van der Waals surface area contributed by atoms with Crippen molar-refractivity contribution in [2.24, 2.45) is 0 Å². The van der Waals surface area contributed by atoms with Gasteiger partial charge in [0.15, 0.2) is 0 Å². The molecule has 1 amide bonds. The zero-order valence-electron chi connectivity index (χ0n) is 15.4. The number of carbonyl (C=O) groups is 1. The Labute approximate surface area is 156 Å². The highest BCUT2D eigenvalue weighted by molar-refractivity contribution is 5.98. The van der Waals surface area contributed by atoms with Crippen LogP contribution in [0.2, 0.25) is 0 Å². The molecule has 3 heterocycles. The van der Waals surface area contributed by atoms with Crippen molar-refractivity contribution in [3.8, 4) is 11.6 Å². The van der Waals surface area contributed by atoms with Crippen LogP contribution >= 0.6 is 0 Å². The highest BCUT2D eigenvalue weighted by atomic mass is 19.1. The number of rotatable bonds is 5. The summed E-state index contributed by atoms with van der Waals surface area (Å²) in [7, 11) is 4.84. The number of pyridine rings is 2. The molecule has 0 bridgehead atoms. The van der Waals surface area contributed by atoms with Crippen LogP contribution in [-0.4, -0.2) is 48.2 Å². The van der Waals surface area contributed by atoms with Crippen molar-refractivity contribution in [2.45, 2.75) is 13.0 Å². The molecule has 2 N–H and O–H groups in total. The fourth-order valence-electron chi connectivity index (χ4n) is 2.72. The minimum Gasteiger partial charge on any atom is -0.496 e. The van der Waals surface area contributed by atoms with E-state index in [4.69, 9.17) is 9.47 Å². The number of aromatic nitrogens is 2. The van der Waals surface area contributed by atoms with Crippen LogP contribution in [0.4, 0.5) is 10.1 Å². The van der Waals surface area contributed by atoms with Gasteiger partial charge in [-0.1, -0.05) is 0 Å². The van der Waals surface area contributed by atoms with E-state index in [9.17, 15) is 9.18 Å². The zero-order valence-corrected chi connectivity index (χ0v) is 15.4. The predicted molar refractivity (Wildman–Crippen MR) is 97.6 cm³/mol. The van der Waals surface area contributed by atoms with Gasteiger partial charge in [0.05, 0.1) is 43.6 Å². The fourth-order valence-corrected chi connectivity index (χ4v) is 2.72. The smallest absolute Gasteiger partial charge is 0.247 e. The Balaban J connectivity index is 1.85. The molecule has 3 rings (SSSR count). The molecule has 1 aliphatic heterocycles. The number of halogens is 1. The first-order valence-corrected chi connectivity index (χ1v) is 8.15. The van der Waals surface area contributed by atoms with Gasteiger partial charge in [0.25, 0.3) is 0 Å². The number of nitrogens with one attached hydrogen (secondary N) is 2. The maximum Gasteiger partial charge on any atom is 0.247 e. The lowest BCUT2D eigenvalue weighted by molar-refractivity contribution is -0.117. The summed E-state index contributed by atoms with van der Waals surface area (Å²) >= 11 is 0. The molecule has 0 saturated heterocycles. The first kappa shape index (κ1) is 18.6. The second-order valence-electron chi connectivity index (χ2n) is 5.93. The van der Waals surface area contributed by atoms with Gasteiger partial charge >= 0.3 is 0 Å². The number of hydrogen-bond donors (Lipinski definition) is 2. The molecule has 142 valence electrons. The number of amides is 1. The van der Waals surface area contributed by atoms with Crippen LogP contribution in [0.1, 0.15) is 11.1 Å². The summed E-state index contributed by atoms with van der Waals surface area (Å²) in [6.07, 6.45) is 5.87. The van der Waals surface area contributed by atoms with E-state index in [1.165, 1.54) is 13.3 Å². The molecule has 2 aromatic rings. The highest BCUT2D eigenvalue weighted by Gasteiger charge is 2.29. The molecule has 8 nitrogen and oxygen atoms in total. The van der Waals surface area contributed by atoms with E-state index in [0.29, 0.717) is 28.4 Å². The van der Waals surface area contributed by atoms with Gasteiger partial charge in [-0.15, -0.1) is 0 Å². The van der Waals surface area contributed by atoms with E-state index >= 15 is 0 Å². The third-order valence-electron chi connectivity index (χ3n) is 4.26. The highest BCUT2D eigenvalue weighted by Crippen LogP contribution is 2.32. The fraction of sp³-hybridized carbons (Fsp3) is 0.278. The van der Waals surface area contributed by atoms with Gasteiger partial charge in [-0.3, -0.25) is 9.78 Å². The van der Waals surface area contributed by atoms with Crippen molar-refractivity contribution in [1.82, 2.24) is 20.4 Å². The number of hydrazine groups is 1. The normalized spacial score (nSPS) is 16.1. The molecule has 1 unspecified atom stereocenters. The first-order valence-electron chi connectivity index (χ1n) is 8.15. The Bertz CT molecular complexity index is 903. The van der Waals surface area contributed by atoms with Gasteiger partial charge < -0.3 is 19.8 Å². The minimum absolute atomic E-state index is 0.329. The third kappa shape index (κ3) is 3.68. The van der Waals surface area contributed by atoms with Gasteiger partial charge in [0.1, 0.15) is 17.6 Å². The van der Waals surface area contributed by atoms with Crippen LogP contribution in [0.3, 0.4) is 0 Å². The van der Waals surface area contributed by atoms with E-state index in [-0.39, 0.29) is 5.91 Å². The third-order valence-corrected chi connectivity index (χ3v) is 4.26. The lowest BCUT2D eigenvalue weighted by Gasteiger charge is -2.20. The molecule has 0 spiro atoms. The quantitative estimate of drug-likeness (QED) is 0.825. The van der Waals surface area contributed by atoms with Crippen LogP contribution < -0.4 is 20.2 Å². The molecule has 1 atom stereocenters. The minimum atomic E-state index is -0.653. The van der Waals surface area contributed by atoms with Crippen molar-refractivity contribution < 1.29 is 18.7 Å². The molecule has 0 fully saturated rings. The molecule has 0 aliphatic carbocycles. The van der Waals surface area contributed by atoms with E-state index in [2.05, 4.69) is 20.7 Å². The Morgan fingerprint density at radius 1 is 1.30 bits per heavy atom. The molecular formula is C18H20FN5O3. The van der Waals surface area contributed by atoms with Gasteiger partial charge in [0.2, 0.25) is 11.8 Å². The van der Waals surface area contributed by atoms with Gasteiger partial charge in [0, 0.05) is 24.9 Å². The SMILES string of the molecule is COc1cc(OC)c(C2=CC(C(=O)Nc3cncc(F)c3C)NN2C)cn1. The number of carbonyl (C=O) groups excluding carboxylic acids is 1. The standard InChI is InChI=1S/C18H20FN5O3/c1-10-12(19)8-20-9-14(10)22-18(25)13-5-15(24(2)23-13)11-7-21-17(27-4)6-16(11)26-3/h5-9,13,23H,1-4H3,(H,22,25). The van der Waals surface area contributed by atoms with E-state index in [1.54, 1.807) is 44.4 Å². The van der Waals surface area contributed by atoms with Gasteiger partial charge in [-0.25, -0.2) is 14.8 Å². The molecule has 0 radical (unpaired) electrons. The molecule has 0 saturated carbocycles. The summed E-state index contributed by atoms with van der Waals surface area (Å²) in [6.45, 7) is 1.58. The second-order valence-corrected chi connectivity index (χ2v) is 5.93. The zero-order chi connectivity index (χ0) is 19.6. The average molecular weight is 373 g/mol. The van der Waals surface area contributed by atoms with Gasteiger partial charge in [-0.05, 0) is 13.0 Å². The molecule has 2 aromatic heterocycles. The van der Waals surface area contributed by atoms with Crippen molar-refractivity contribution in [3.05, 3.63) is 47.7 Å². The van der Waals surface area contributed by atoms with Crippen molar-refractivity contribution in [3.63, 3.8) is 0 Å². The van der Waals surface area contributed by atoms with Crippen LogP contribution in [-0.2, 0) is 4.79 Å². The Morgan fingerprint density at radius 3 is 2.78 bits per heavy atom. The monoisotopic (exact) mass is 373 g/mol. The number of ether oxygens (including phenoxy) is 2. The molecular weight excluding hydrogens is 353 g/mol. The number of anilines is 1. The number of nitrogens with zero attached hydrogens (tertiary/aromatic N) is 3. The van der Waals surface area contributed by atoms with Crippen LogP contribution in [0, 0.1) is 12.7 Å². The van der Waals surface area contributed by atoms with E-state index in [0.717, 1.165) is 11.9 Å². The number of hydrogen-bond acceptors (Lipinski definition) is 7. The predicted octanol–water partition coefficient (Wildman–Crippen LogP) is 1.74. The van der Waals surface area contributed by atoms with Crippen molar-refractivity contribution in [2.75, 3.05) is 26.6 Å². The Morgan fingerprint density at radius 2 is 2.07 bits per heavy atom. The lowest BCUT2D eigenvalue weighted by atomic mass is 10.1. The lowest BCUT2D eigenvalue weighted by Crippen LogP contribution is -2.41. The Kier molecular flexibility index (Phi) is 5.22. The number of methoxy groups -OCH3 is 2. The Hall–Kier alpha value is -3.20. The molecule has 9 heteroatoms. The molecule has 1 aliphatic rings. The van der Waals surface area contributed by atoms with Crippen molar-refractivity contribution in [1.29, 1.82) is 0 Å². The van der Waals surface area contributed by atoms with Crippen molar-refractivity contribution >= 4 is 17.3 Å². The van der Waals surface area contributed by atoms with E-state index < -0.39 is 11.9 Å². The van der Waals surface area contributed by atoms with Gasteiger partial charge in [-0.2, -0.15) is 0 Å². The summed E-state index contributed by atoms with van der Waals surface area (Å²) in [5.41, 5.74) is 5.11. The summed E-state index contributed by atoms with van der Waals surface area (Å²) in [4.78, 5) is 20.6. The molecule has 0 aromatic carbocycles. The average Bonchev–Trinajstić information content (AvgIpc) is 3.06. The van der Waals surface area contributed by atoms with Crippen LogP contribution in [0.15, 0.2) is 30.7 Å². The molecule has 27 heavy (non-hydrogen) atoms. The summed E-state index contributed by atoms with van der Waals surface area (Å²) in [5.74, 6) is 0.170. The van der Waals surface area contributed by atoms with E-state index in [1.807, 2.05) is 0 Å². The maximum atomic E-state index is 13.6. The second kappa shape index (κ2) is 7.58. The largest absolute Gasteiger partial charge is 0.496 e.